The number of nitrogens with one attached hydrogen (secondary N) is 1. The molecule has 7 heteroatoms. The second-order valence-corrected chi connectivity index (χ2v) is 9.90. The van der Waals surface area contributed by atoms with E-state index >= 15 is 0 Å². The molecule has 3 aromatic rings. The maximum atomic E-state index is 13.4. The Morgan fingerprint density at radius 2 is 1.94 bits per heavy atom. The highest BCUT2D eigenvalue weighted by Crippen LogP contribution is 2.37. The number of thioether (sulfide) groups is 2. The van der Waals surface area contributed by atoms with E-state index in [1.54, 1.807) is 11.8 Å². The Morgan fingerprint density at radius 1 is 1.12 bits per heavy atom. The molecule has 2 aromatic carbocycles. The summed E-state index contributed by atoms with van der Waals surface area (Å²) >= 11 is 3.01. The molecule has 3 unspecified atom stereocenters. The fraction of sp³-hybridized carbons (Fsp3) is 0.192. The zero-order valence-electron chi connectivity index (χ0n) is 18.0. The summed E-state index contributed by atoms with van der Waals surface area (Å²) in [5, 5.41) is 5.27. The first-order valence-corrected chi connectivity index (χ1v) is 12.6. The van der Waals surface area contributed by atoms with E-state index in [9.17, 15) is 4.79 Å². The zero-order valence-corrected chi connectivity index (χ0v) is 19.7. The number of allylic oxidation sites excluding steroid dienone is 1. The van der Waals surface area contributed by atoms with Crippen molar-refractivity contribution in [2.45, 2.75) is 28.5 Å². The summed E-state index contributed by atoms with van der Waals surface area (Å²) in [5.41, 5.74) is 1.84. The van der Waals surface area contributed by atoms with Crippen molar-refractivity contribution >= 4 is 45.5 Å². The molecule has 1 N–H and O–H groups in total. The molecule has 0 fully saturated rings. The number of amidine groups is 1. The van der Waals surface area contributed by atoms with Crippen molar-refractivity contribution in [1.29, 1.82) is 0 Å². The summed E-state index contributed by atoms with van der Waals surface area (Å²) in [6.07, 6.45) is 6.06. The first kappa shape index (κ1) is 21.8. The molecule has 2 heterocycles. The summed E-state index contributed by atoms with van der Waals surface area (Å²) in [4.78, 5) is 22.9. The lowest BCUT2D eigenvalue weighted by atomic mass is 10.1. The molecule has 5 nitrogen and oxygen atoms in total. The third kappa shape index (κ3) is 4.99. The van der Waals surface area contributed by atoms with Crippen molar-refractivity contribution in [2.75, 3.05) is 6.61 Å². The topological polar surface area (TPSA) is 63.6 Å². The summed E-state index contributed by atoms with van der Waals surface area (Å²) in [7, 11) is 0. The van der Waals surface area contributed by atoms with E-state index in [2.05, 4.69) is 11.4 Å². The van der Waals surface area contributed by atoms with Crippen molar-refractivity contribution < 1.29 is 9.53 Å². The zero-order chi connectivity index (χ0) is 22.6. The molecule has 0 spiro atoms. The minimum atomic E-state index is -0.448. The van der Waals surface area contributed by atoms with Gasteiger partial charge in [-0.2, -0.15) is 0 Å². The smallest absolute Gasteiger partial charge is 0.243 e. The average Bonchev–Trinajstić information content (AvgIpc) is 3.24. The van der Waals surface area contributed by atoms with Crippen LogP contribution in [0.25, 0.3) is 10.9 Å². The maximum absolute atomic E-state index is 13.4. The molecule has 3 atom stereocenters. The van der Waals surface area contributed by atoms with Gasteiger partial charge in [0.15, 0.2) is 5.17 Å². The number of hydrogen-bond donors (Lipinski definition) is 1. The van der Waals surface area contributed by atoms with E-state index in [-0.39, 0.29) is 17.2 Å². The molecule has 0 bridgehead atoms. The Morgan fingerprint density at radius 3 is 2.79 bits per heavy atom. The van der Waals surface area contributed by atoms with E-state index in [0.29, 0.717) is 11.8 Å². The van der Waals surface area contributed by atoms with Crippen molar-refractivity contribution in [2.24, 2.45) is 4.99 Å². The lowest BCUT2D eigenvalue weighted by molar-refractivity contribution is -0.119. The van der Waals surface area contributed by atoms with Crippen molar-refractivity contribution in [1.82, 2.24) is 10.3 Å². The van der Waals surface area contributed by atoms with Crippen LogP contribution < -0.4 is 5.32 Å². The SMILES string of the molecule is CCOC1=CC2SC(NC(=O)C(Sc3ccc4ccccc4n3)c3ccccc3)=NC2C=C1. The minimum Gasteiger partial charge on any atom is -0.494 e. The predicted molar refractivity (Wildman–Crippen MR) is 136 cm³/mol. The van der Waals surface area contributed by atoms with Crippen LogP contribution in [0.5, 0.6) is 0 Å². The van der Waals surface area contributed by atoms with Crippen molar-refractivity contribution in [3.05, 3.63) is 96.3 Å². The monoisotopic (exact) mass is 473 g/mol. The minimum absolute atomic E-state index is 0.0134. The molecule has 5 rings (SSSR count). The Hall–Kier alpha value is -3.03. The van der Waals surface area contributed by atoms with Gasteiger partial charge in [-0.25, -0.2) is 4.98 Å². The lowest BCUT2D eigenvalue weighted by Crippen LogP contribution is -2.31. The fourth-order valence-electron chi connectivity index (χ4n) is 3.76. The van der Waals surface area contributed by atoms with Crippen molar-refractivity contribution in [3.8, 4) is 0 Å². The van der Waals surface area contributed by atoms with Crippen LogP contribution in [0.15, 0.2) is 101 Å². The molecule has 33 heavy (non-hydrogen) atoms. The third-order valence-corrected chi connectivity index (χ3v) is 7.64. The van der Waals surface area contributed by atoms with E-state index in [4.69, 9.17) is 14.7 Å². The molecule has 1 amide bonds. The van der Waals surface area contributed by atoms with Gasteiger partial charge >= 0.3 is 0 Å². The number of rotatable bonds is 6. The predicted octanol–water partition coefficient (Wildman–Crippen LogP) is 5.51. The number of ether oxygens (including phenoxy) is 1. The molecule has 2 aliphatic rings. The van der Waals surface area contributed by atoms with Gasteiger partial charge in [-0.3, -0.25) is 9.79 Å². The quantitative estimate of drug-likeness (QED) is 0.478. The lowest BCUT2D eigenvalue weighted by Gasteiger charge is -2.17. The largest absolute Gasteiger partial charge is 0.494 e. The van der Waals surface area contributed by atoms with E-state index in [1.165, 1.54) is 11.8 Å². The van der Waals surface area contributed by atoms with E-state index in [0.717, 1.165) is 27.3 Å². The van der Waals surface area contributed by atoms with Crippen molar-refractivity contribution in [3.63, 3.8) is 0 Å². The molecule has 1 aromatic heterocycles. The number of hydrogen-bond acceptors (Lipinski definition) is 6. The number of benzene rings is 2. The van der Waals surface area contributed by atoms with Gasteiger partial charge in [0.25, 0.3) is 0 Å². The first-order valence-electron chi connectivity index (χ1n) is 10.8. The van der Waals surface area contributed by atoms with Crippen LogP contribution in [0.4, 0.5) is 0 Å². The Bertz CT molecular complexity index is 1260. The maximum Gasteiger partial charge on any atom is 0.243 e. The third-order valence-electron chi connectivity index (χ3n) is 5.33. The Labute approximate surface area is 201 Å². The first-order chi connectivity index (χ1) is 16.2. The van der Waals surface area contributed by atoms with Crippen LogP contribution in [-0.2, 0) is 9.53 Å². The molecule has 1 aliphatic carbocycles. The number of carbonyl (C=O) groups excluding carboxylic acids is 1. The van der Waals surface area contributed by atoms with Crippen LogP contribution in [0, 0.1) is 0 Å². The van der Waals surface area contributed by atoms with Gasteiger partial charge in [0.1, 0.15) is 11.0 Å². The fourth-order valence-corrected chi connectivity index (χ4v) is 5.86. The van der Waals surface area contributed by atoms with Gasteiger partial charge in [0.2, 0.25) is 5.91 Å². The molecule has 0 saturated heterocycles. The van der Waals surface area contributed by atoms with Crippen LogP contribution in [0.1, 0.15) is 17.7 Å². The van der Waals surface area contributed by atoms with Gasteiger partial charge < -0.3 is 10.1 Å². The summed E-state index contributed by atoms with van der Waals surface area (Å²) < 4.78 is 5.61. The van der Waals surface area contributed by atoms with Gasteiger partial charge in [-0.15, -0.1) is 0 Å². The van der Waals surface area contributed by atoms with Crippen LogP contribution in [0.2, 0.25) is 0 Å². The highest BCUT2D eigenvalue weighted by atomic mass is 32.2. The molecule has 0 radical (unpaired) electrons. The highest BCUT2D eigenvalue weighted by molar-refractivity contribution is 8.14. The van der Waals surface area contributed by atoms with Gasteiger partial charge in [0.05, 0.1) is 28.4 Å². The number of amides is 1. The number of aromatic nitrogens is 1. The summed E-state index contributed by atoms with van der Waals surface area (Å²) in [5.74, 6) is 0.748. The normalized spacial score (nSPS) is 20.0. The summed E-state index contributed by atoms with van der Waals surface area (Å²) in [6.45, 7) is 2.60. The number of pyridine rings is 1. The Balaban J connectivity index is 1.35. The standard InChI is InChI=1S/C26H23N3O2S2/c1-2-31-19-13-14-21-22(16-19)32-26(28-21)29-25(30)24(18-9-4-3-5-10-18)33-23-15-12-17-8-6-7-11-20(17)27-23/h3-16,21-22,24H,2H2,1H3,(H,28,29,30). The van der Waals surface area contributed by atoms with Crippen LogP contribution in [-0.4, -0.2) is 34.0 Å². The number of fused-ring (bicyclic) bond motifs is 2. The van der Waals surface area contributed by atoms with E-state index in [1.807, 2.05) is 85.8 Å². The van der Waals surface area contributed by atoms with Gasteiger partial charge in [0, 0.05) is 5.39 Å². The second kappa shape index (κ2) is 9.85. The molecule has 0 saturated carbocycles. The number of carbonyl (C=O) groups is 1. The van der Waals surface area contributed by atoms with Gasteiger partial charge in [-0.05, 0) is 36.8 Å². The summed E-state index contributed by atoms with van der Waals surface area (Å²) in [6, 6.07) is 21.8. The van der Waals surface area contributed by atoms with Gasteiger partial charge in [-0.1, -0.05) is 84.2 Å². The number of nitrogens with zero attached hydrogens (tertiary/aromatic N) is 2. The second-order valence-electron chi connectivity index (χ2n) is 7.61. The molecular formula is C26H23N3O2S2. The number of aliphatic imine (C=N–C) groups is 1. The highest BCUT2D eigenvalue weighted by Gasteiger charge is 2.32. The van der Waals surface area contributed by atoms with Crippen LogP contribution >= 0.6 is 23.5 Å². The van der Waals surface area contributed by atoms with Crippen LogP contribution in [0.3, 0.4) is 0 Å². The average molecular weight is 474 g/mol. The molecule has 166 valence electrons. The number of para-hydroxylation sites is 1. The molecule has 1 aliphatic heterocycles. The van der Waals surface area contributed by atoms with E-state index < -0.39 is 5.25 Å². The Kier molecular flexibility index (Phi) is 6.51. The molecular weight excluding hydrogens is 450 g/mol.